The predicted molar refractivity (Wildman–Crippen MR) is 76.0 cm³/mol. The van der Waals surface area contributed by atoms with E-state index in [4.69, 9.17) is 0 Å². The first-order chi connectivity index (χ1) is 9.93. The Morgan fingerprint density at radius 1 is 1.15 bits per heavy atom. The van der Waals surface area contributed by atoms with Crippen molar-refractivity contribution >= 4 is 5.57 Å². The van der Waals surface area contributed by atoms with Crippen LogP contribution < -0.4 is 27.1 Å². The second-order valence-corrected chi connectivity index (χ2v) is 4.84. The summed E-state index contributed by atoms with van der Waals surface area (Å²) < 4.78 is 0. The van der Waals surface area contributed by atoms with Gasteiger partial charge in [0, 0.05) is 36.8 Å². The van der Waals surface area contributed by atoms with Gasteiger partial charge in [-0.15, -0.1) is 0 Å². The van der Waals surface area contributed by atoms with Crippen molar-refractivity contribution in [1.82, 2.24) is 37.1 Å². The topological polar surface area (TPSA) is 79.2 Å². The van der Waals surface area contributed by atoms with E-state index >= 15 is 0 Å². The van der Waals surface area contributed by atoms with E-state index in [1.807, 2.05) is 18.5 Å². The average Bonchev–Trinajstić information content (AvgIpc) is 3.23. The second kappa shape index (κ2) is 4.71. The SMILES string of the molecule is C1=C(C2=C(c3ccc[nH]3)CNN2C2=CNNC2)NNC1. The Bertz CT molecular complexity index is 596. The van der Waals surface area contributed by atoms with Gasteiger partial charge in [-0.3, -0.25) is 5.01 Å². The van der Waals surface area contributed by atoms with Gasteiger partial charge >= 0.3 is 0 Å². The average molecular weight is 271 g/mol. The Labute approximate surface area is 116 Å². The Morgan fingerprint density at radius 3 is 2.85 bits per heavy atom. The van der Waals surface area contributed by atoms with Crippen LogP contribution >= 0.6 is 0 Å². The van der Waals surface area contributed by atoms with Gasteiger partial charge in [-0.2, -0.15) is 0 Å². The number of hydrazine groups is 3. The molecule has 0 unspecified atom stereocenters. The highest BCUT2D eigenvalue weighted by Gasteiger charge is 2.30. The molecule has 104 valence electrons. The standard InChI is InChI=1S/C13H17N7/c1-2-11(14-4-1)10-8-18-20(9-6-16-17-7-9)13(10)12-3-5-15-19-12/h1-4,6,14-19H,5,7-8H2. The number of hydrogen-bond donors (Lipinski definition) is 6. The van der Waals surface area contributed by atoms with E-state index in [1.54, 1.807) is 0 Å². The minimum Gasteiger partial charge on any atom is -0.361 e. The van der Waals surface area contributed by atoms with Crippen LogP contribution in [0.1, 0.15) is 5.69 Å². The molecule has 20 heavy (non-hydrogen) atoms. The van der Waals surface area contributed by atoms with Crippen molar-refractivity contribution in [3.05, 3.63) is 53.4 Å². The van der Waals surface area contributed by atoms with E-state index in [0.717, 1.165) is 42.4 Å². The summed E-state index contributed by atoms with van der Waals surface area (Å²) in [6, 6.07) is 4.12. The van der Waals surface area contributed by atoms with E-state index in [2.05, 4.69) is 49.3 Å². The number of aromatic nitrogens is 1. The second-order valence-electron chi connectivity index (χ2n) is 4.84. The number of aromatic amines is 1. The zero-order chi connectivity index (χ0) is 13.4. The summed E-state index contributed by atoms with van der Waals surface area (Å²) in [6.07, 6.45) is 6.09. The Kier molecular flexibility index (Phi) is 2.73. The lowest BCUT2D eigenvalue weighted by atomic mass is 10.1. The van der Waals surface area contributed by atoms with Gasteiger partial charge in [0.05, 0.1) is 23.6 Å². The molecule has 1 aromatic rings. The molecule has 3 aliphatic rings. The maximum atomic E-state index is 3.45. The van der Waals surface area contributed by atoms with Gasteiger partial charge in [-0.05, 0) is 18.2 Å². The molecular weight excluding hydrogens is 254 g/mol. The van der Waals surface area contributed by atoms with Crippen LogP contribution in [0.5, 0.6) is 0 Å². The van der Waals surface area contributed by atoms with Crippen molar-refractivity contribution in [2.75, 3.05) is 19.6 Å². The summed E-state index contributed by atoms with van der Waals surface area (Å²) in [7, 11) is 0. The third kappa shape index (κ3) is 1.80. The van der Waals surface area contributed by atoms with Crippen LogP contribution in [0.15, 0.2) is 47.7 Å². The quantitative estimate of drug-likeness (QED) is 0.444. The minimum absolute atomic E-state index is 0.787. The lowest BCUT2D eigenvalue weighted by Gasteiger charge is -2.23. The van der Waals surface area contributed by atoms with Gasteiger partial charge < -0.3 is 15.8 Å². The van der Waals surface area contributed by atoms with Gasteiger partial charge in [-0.1, -0.05) is 0 Å². The Hall–Kier alpha value is -2.22. The fourth-order valence-corrected chi connectivity index (χ4v) is 2.70. The molecule has 6 N–H and O–H groups in total. The summed E-state index contributed by atoms with van der Waals surface area (Å²) in [6.45, 7) is 2.42. The Morgan fingerprint density at radius 2 is 2.15 bits per heavy atom. The Balaban J connectivity index is 1.78. The number of H-pyrrole nitrogens is 1. The lowest BCUT2D eigenvalue weighted by Crippen LogP contribution is -2.36. The van der Waals surface area contributed by atoms with Crippen molar-refractivity contribution in [1.29, 1.82) is 0 Å². The highest BCUT2D eigenvalue weighted by molar-refractivity contribution is 5.73. The molecule has 7 heteroatoms. The maximum Gasteiger partial charge on any atom is 0.0883 e. The molecule has 0 saturated heterocycles. The van der Waals surface area contributed by atoms with Crippen LogP contribution in [0, 0.1) is 0 Å². The molecule has 1 aromatic heterocycles. The molecule has 4 heterocycles. The van der Waals surface area contributed by atoms with Crippen molar-refractivity contribution < 1.29 is 0 Å². The number of rotatable bonds is 3. The van der Waals surface area contributed by atoms with E-state index < -0.39 is 0 Å². The molecule has 0 aliphatic carbocycles. The summed E-state index contributed by atoms with van der Waals surface area (Å²) >= 11 is 0. The van der Waals surface area contributed by atoms with Gasteiger partial charge in [0.2, 0.25) is 0 Å². The fourth-order valence-electron chi connectivity index (χ4n) is 2.70. The molecule has 3 aliphatic heterocycles. The molecule has 7 nitrogen and oxygen atoms in total. The summed E-state index contributed by atoms with van der Waals surface area (Å²) in [4.78, 5) is 3.29. The highest BCUT2D eigenvalue weighted by Crippen LogP contribution is 2.31. The summed E-state index contributed by atoms with van der Waals surface area (Å²) in [5.74, 6) is 0. The number of nitrogens with one attached hydrogen (secondary N) is 6. The van der Waals surface area contributed by atoms with Gasteiger partial charge in [0.15, 0.2) is 0 Å². The third-order valence-corrected chi connectivity index (χ3v) is 3.63. The molecule has 0 saturated carbocycles. The highest BCUT2D eigenvalue weighted by atomic mass is 15.6. The van der Waals surface area contributed by atoms with Crippen molar-refractivity contribution in [3.8, 4) is 0 Å². The molecule has 0 spiro atoms. The molecular formula is C13H17N7. The van der Waals surface area contributed by atoms with Crippen LogP contribution in [0.4, 0.5) is 0 Å². The van der Waals surface area contributed by atoms with Gasteiger partial charge in [0.1, 0.15) is 0 Å². The van der Waals surface area contributed by atoms with Crippen LogP contribution in [0.2, 0.25) is 0 Å². The monoisotopic (exact) mass is 271 g/mol. The zero-order valence-corrected chi connectivity index (χ0v) is 11.0. The first-order valence-electron chi connectivity index (χ1n) is 6.71. The summed E-state index contributed by atoms with van der Waals surface area (Å²) in [5, 5.41) is 2.13. The van der Waals surface area contributed by atoms with E-state index in [0.29, 0.717) is 0 Å². The van der Waals surface area contributed by atoms with Crippen LogP contribution in [-0.2, 0) is 0 Å². The third-order valence-electron chi connectivity index (χ3n) is 3.63. The zero-order valence-electron chi connectivity index (χ0n) is 11.0. The molecule has 0 radical (unpaired) electrons. The smallest absolute Gasteiger partial charge is 0.0883 e. The molecule has 0 aromatic carbocycles. The lowest BCUT2D eigenvalue weighted by molar-refractivity contribution is 0.352. The minimum atomic E-state index is 0.787. The summed E-state index contributed by atoms with van der Waals surface area (Å²) in [5.41, 5.74) is 21.8. The first kappa shape index (κ1) is 11.6. The number of nitrogens with zero attached hydrogens (tertiary/aromatic N) is 1. The van der Waals surface area contributed by atoms with Crippen molar-refractivity contribution in [2.45, 2.75) is 0 Å². The largest absolute Gasteiger partial charge is 0.361 e. The van der Waals surface area contributed by atoms with E-state index in [-0.39, 0.29) is 0 Å². The molecule has 0 amide bonds. The first-order valence-corrected chi connectivity index (χ1v) is 6.71. The predicted octanol–water partition coefficient (Wildman–Crippen LogP) is -0.513. The van der Waals surface area contributed by atoms with E-state index in [1.165, 1.54) is 5.57 Å². The van der Waals surface area contributed by atoms with Gasteiger partial charge in [-0.25, -0.2) is 16.3 Å². The molecule has 0 fully saturated rings. The van der Waals surface area contributed by atoms with Crippen molar-refractivity contribution in [2.24, 2.45) is 0 Å². The number of hydrogen-bond acceptors (Lipinski definition) is 6. The van der Waals surface area contributed by atoms with Crippen LogP contribution in [-0.4, -0.2) is 29.6 Å². The maximum absolute atomic E-state index is 3.45. The van der Waals surface area contributed by atoms with Gasteiger partial charge in [0.25, 0.3) is 0 Å². The molecule has 0 bridgehead atoms. The van der Waals surface area contributed by atoms with Crippen LogP contribution in [0.3, 0.4) is 0 Å². The molecule has 4 rings (SSSR count). The molecule has 0 atom stereocenters. The normalized spacial score (nSPS) is 21.9. The van der Waals surface area contributed by atoms with Crippen LogP contribution in [0.25, 0.3) is 5.57 Å². The fraction of sp³-hybridized carbons (Fsp3) is 0.231. The van der Waals surface area contributed by atoms with Crippen molar-refractivity contribution in [3.63, 3.8) is 0 Å². The van der Waals surface area contributed by atoms with E-state index in [9.17, 15) is 0 Å².